The zero-order chi connectivity index (χ0) is 17.2. The van der Waals surface area contributed by atoms with Crippen LogP contribution in [0.5, 0.6) is 5.75 Å². The summed E-state index contributed by atoms with van der Waals surface area (Å²) in [5, 5.41) is 2.84. The molecule has 0 unspecified atom stereocenters. The zero-order valence-corrected chi connectivity index (χ0v) is 14.0. The van der Waals surface area contributed by atoms with Crippen molar-refractivity contribution in [3.63, 3.8) is 0 Å². The molecule has 2 aromatic rings. The van der Waals surface area contributed by atoms with Gasteiger partial charge in [-0.25, -0.2) is 0 Å². The van der Waals surface area contributed by atoms with Crippen LogP contribution < -0.4 is 15.8 Å². The molecular weight excluding hydrogens is 300 g/mol. The highest BCUT2D eigenvalue weighted by molar-refractivity contribution is 5.91. The highest BCUT2D eigenvalue weighted by Crippen LogP contribution is 2.24. The van der Waals surface area contributed by atoms with Crippen molar-refractivity contribution in [2.24, 2.45) is 0 Å². The van der Waals surface area contributed by atoms with Gasteiger partial charge in [0.25, 0.3) is 0 Å². The van der Waals surface area contributed by atoms with Crippen LogP contribution in [-0.4, -0.2) is 12.5 Å². The molecule has 0 spiro atoms. The minimum absolute atomic E-state index is 0.0913. The Morgan fingerprint density at radius 1 is 1.21 bits per heavy atom. The van der Waals surface area contributed by atoms with Gasteiger partial charge in [-0.3, -0.25) is 4.79 Å². The molecular formula is C20H24N2O2. The number of unbranched alkanes of at least 4 members (excludes halogenated alkanes) is 1. The maximum absolute atomic E-state index is 11.6. The standard InChI is InChI=1S/C20H24N2O2/c1-2-3-13-22-20(23)12-10-16-9-11-19(18(21)14-16)24-15-17-7-5-4-6-8-17/h4-12,14H,2-3,13,15,21H2,1H3,(H,22,23)/b12-10-. The Morgan fingerprint density at radius 3 is 2.71 bits per heavy atom. The Morgan fingerprint density at radius 2 is 2.00 bits per heavy atom. The average Bonchev–Trinajstić information content (AvgIpc) is 2.60. The minimum atomic E-state index is -0.0913. The van der Waals surface area contributed by atoms with Crippen molar-refractivity contribution < 1.29 is 9.53 Å². The number of nitrogens with one attached hydrogen (secondary N) is 1. The third kappa shape index (κ3) is 5.80. The quantitative estimate of drug-likeness (QED) is 0.441. The molecule has 4 heteroatoms. The molecule has 24 heavy (non-hydrogen) atoms. The van der Waals surface area contributed by atoms with Gasteiger partial charge in [0.2, 0.25) is 5.91 Å². The first kappa shape index (κ1) is 17.6. The second-order valence-corrected chi connectivity index (χ2v) is 5.55. The first-order valence-corrected chi connectivity index (χ1v) is 8.21. The zero-order valence-electron chi connectivity index (χ0n) is 14.0. The summed E-state index contributed by atoms with van der Waals surface area (Å²) in [6.07, 6.45) is 5.32. The molecule has 0 aromatic heterocycles. The van der Waals surface area contributed by atoms with Crippen molar-refractivity contribution in [3.8, 4) is 5.75 Å². The second-order valence-electron chi connectivity index (χ2n) is 5.55. The van der Waals surface area contributed by atoms with E-state index in [9.17, 15) is 4.79 Å². The number of carbonyl (C=O) groups excluding carboxylic acids is 1. The van der Waals surface area contributed by atoms with E-state index >= 15 is 0 Å². The number of hydrogen-bond acceptors (Lipinski definition) is 3. The Bertz CT molecular complexity index is 681. The van der Waals surface area contributed by atoms with Gasteiger partial charge in [-0.1, -0.05) is 49.7 Å². The largest absolute Gasteiger partial charge is 0.487 e. The minimum Gasteiger partial charge on any atom is -0.487 e. The van der Waals surface area contributed by atoms with E-state index in [1.54, 1.807) is 12.1 Å². The summed E-state index contributed by atoms with van der Waals surface area (Å²) in [4.78, 5) is 11.6. The van der Waals surface area contributed by atoms with Crippen LogP contribution in [0, 0.1) is 0 Å². The second kappa shape index (κ2) is 9.40. The number of hydrogen-bond donors (Lipinski definition) is 2. The molecule has 0 aliphatic carbocycles. The lowest BCUT2D eigenvalue weighted by molar-refractivity contribution is -0.116. The Labute approximate surface area is 143 Å². The van der Waals surface area contributed by atoms with Crippen LogP contribution in [0.1, 0.15) is 30.9 Å². The fraction of sp³-hybridized carbons (Fsp3) is 0.250. The van der Waals surface area contributed by atoms with E-state index in [0.717, 1.165) is 24.0 Å². The summed E-state index contributed by atoms with van der Waals surface area (Å²) >= 11 is 0. The van der Waals surface area contributed by atoms with Crippen molar-refractivity contribution in [1.29, 1.82) is 0 Å². The summed E-state index contributed by atoms with van der Waals surface area (Å²) in [6.45, 7) is 3.26. The van der Waals surface area contributed by atoms with Crippen LogP contribution >= 0.6 is 0 Å². The molecule has 0 aliphatic heterocycles. The van der Waals surface area contributed by atoms with Gasteiger partial charge in [0.1, 0.15) is 12.4 Å². The predicted octanol–water partition coefficient (Wildman–Crippen LogP) is 3.78. The molecule has 0 fully saturated rings. The maximum atomic E-state index is 11.6. The topological polar surface area (TPSA) is 64.3 Å². The van der Waals surface area contributed by atoms with E-state index in [4.69, 9.17) is 10.5 Å². The Balaban J connectivity index is 1.90. The summed E-state index contributed by atoms with van der Waals surface area (Å²) in [5.74, 6) is 0.551. The van der Waals surface area contributed by atoms with Gasteiger partial charge in [-0.05, 0) is 35.8 Å². The molecule has 126 valence electrons. The molecule has 0 saturated heterocycles. The number of nitrogens with two attached hydrogens (primary N) is 1. The molecule has 0 aliphatic rings. The molecule has 4 nitrogen and oxygen atoms in total. The monoisotopic (exact) mass is 324 g/mol. The van der Waals surface area contributed by atoms with E-state index in [2.05, 4.69) is 12.2 Å². The lowest BCUT2D eigenvalue weighted by Gasteiger charge is -2.09. The Hall–Kier alpha value is -2.75. The first-order chi connectivity index (χ1) is 11.7. The number of ether oxygens (including phenoxy) is 1. The number of nitrogen functional groups attached to an aromatic ring is 1. The van der Waals surface area contributed by atoms with E-state index in [1.165, 1.54) is 6.08 Å². The summed E-state index contributed by atoms with van der Waals surface area (Å²) in [7, 11) is 0. The smallest absolute Gasteiger partial charge is 0.243 e. The van der Waals surface area contributed by atoms with Crippen molar-refractivity contribution in [2.75, 3.05) is 12.3 Å². The normalized spacial score (nSPS) is 10.7. The maximum Gasteiger partial charge on any atom is 0.243 e. The predicted molar refractivity (Wildman–Crippen MR) is 98.6 cm³/mol. The number of carbonyl (C=O) groups is 1. The Kier molecular flexibility index (Phi) is 6.90. The van der Waals surface area contributed by atoms with Gasteiger partial charge in [0.05, 0.1) is 5.69 Å². The summed E-state index contributed by atoms with van der Waals surface area (Å²) in [6, 6.07) is 15.4. The average molecular weight is 324 g/mol. The van der Waals surface area contributed by atoms with E-state index in [1.807, 2.05) is 42.5 Å². The third-order valence-corrected chi connectivity index (χ3v) is 3.53. The van der Waals surface area contributed by atoms with E-state index < -0.39 is 0 Å². The van der Waals surface area contributed by atoms with Crippen LogP contribution in [0.25, 0.3) is 6.08 Å². The number of benzene rings is 2. The third-order valence-electron chi connectivity index (χ3n) is 3.53. The van der Waals surface area contributed by atoms with Gasteiger partial charge in [-0.2, -0.15) is 0 Å². The van der Waals surface area contributed by atoms with Gasteiger partial charge in [0, 0.05) is 12.6 Å². The highest BCUT2D eigenvalue weighted by Gasteiger charge is 2.02. The highest BCUT2D eigenvalue weighted by atomic mass is 16.5. The molecule has 0 bridgehead atoms. The fourth-order valence-corrected chi connectivity index (χ4v) is 2.16. The van der Waals surface area contributed by atoms with E-state index in [0.29, 0.717) is 24.6 Å². The molecule has 0 atom stereocenters. The lowest BCUT2D eigenvalue weighted by atomic mass is 10.1. The van der Waals surface area contributed by atoms with Crippen LogP contribution in [0.2, 0.25) is 0 Å². The van der Waals surface area contributed by atoms with E-state index in [-0.39, 0.29) is 5.91 Å². The molecule has 1 amide bonds. The van der Waals surface area contributed by atoms with Crippen molar-refractivity contribution in [2.45, 2.75) is 26.4 Å². The SMILES string of the molecule is CCCCNC(=O)/C=C\c1ccc(OCc2ccccc2)c(N)c1. The summed E-state index contributed by atoms with van der Waals surface area (Å²) in [5.41, 5.74) is 8.54. The number of amides is 1. The molecule has 0 heterocycles. The van der Waals surface area contributed by atoms with Crippen LogP contribution in [0.4, 0.5) is 5.69 Å². The van der Waals surface area contributed by atoms with Crippen LogP contribution in [-0.2, 0) is 11.4 Å². The summed E-state index contributed by atoms with van der Waals surface area (Å²) < 4.78 is 5.74. The van der Waals surface area contributed by atoms with Crippen LogP contribution in [0.3, 0.4) is 0 Å². The number of anilines is 1. The molecule has 0 radical (unpaired) electrons. The molecule has 2 aromatic carbocycles. The van der Waals surface area contributed by atoms with Crippen LogP contribution in [0.15, 0.2) is 54.6 Å². The number of rotatable bonds is 8. The fourth-order valence-electron chi connectivity index (χ4n) is 2.16. The molecule has 2 rings (SSSR count). The molecule has 3 N–H and O–H groups in total. The van der Waals surface area contributed by atoms with Gasteiger partial charge in [0.15, 0.2) is 0 Å². The van der Waals surface area contributed by atoms with Crippen molar-refractivity contribution in [1.82, 2.24) is 5.32 Å². The lowest BCUT2D eigenvalue weighted by Crippen LogP contribution is -2.21. The van der Waals surface area contributed by atoms with Gasteiger partial charge in [-0.15, -0.1) is 0 Å². The van der Waals surface area contributed by atoms with Crippen molar-refractivity contribution in [3.05, 3.63) is 65.7 Å². The van der Waals surface area contributed by atoms with Gasteiger partial charge >= 0.3 is 0 Å². The van der Waals surface area contributed by atoms with Gasteiger partial charge < -0.3 is 15.8 Å². The van der Waals surface area contributed by atoms with Crippen molar-refractivity contribution >= 4 is 17.7 Å². The first-order valence-electron chi connectivity index (χ1n) is 8.21. The molecule has 0 saturated carbocycles.